The molecule has 2 rings (SSSR count). The summed E-state index contributed by atoms with van der Waals surface area (Å²) in [7, 11) is 0. The molecule has 0 saturated carbocycles. The molecule has 0 unspecified atom stereocenters. The van der Waals surface area contributed by atoms with Crippen LogP contribution < -0.4 is 5.73 Å². The highest BCUT2D eigenvalue weighted by molar-refractivity contribution is 7.99. The number of aryl methyl sites for hydroxylation is 2. The van der Waals surface area contributed by atoms with E-state index in [1.165, 1.54) is 11.8 Å². The van der Waals surface area contributed by atoms with Crippen LogP contribution in [0, 0.1) is 20.8 Å². The number of rotatable bonds is 2. The fourth-order valence-electron chi connectivity index (χ4n) is 1.42. The molecule has 2 aromatic heterocycles. The zero-order valence-corrected chi connectivity index (χ0v) is 11.9. The Balaban J connectivity index is 2.34. The number of nitrogens with zero attached hydrogens (tertiary/aromatic N) is 3. The SMILES string of the molecule is Cc1nc(Sc2cc(N)cc(Cl)n2)nc(C)c1C. The zero-order chi connectivity index (χ0) is 13.3. The van der Waals surface area contributed by atoms with Gasteiger partial charge < -0.3 is 5.73 Å². The van der Waals surface area contributed by atoms with Gasteiger partial charge in [-0.3, -0.25) is 0 Å². The van der Waals surface area contributed by atoms with Gasteiger partial charge in [-0.25, -0.2) is 15.0 Å². The second-order valence-corrected chi connectivity index (χ2v) is 5.34. The summed E-state index contributed by atoms with van der Waals surface area (Å²) in [6.45, 7) is 5.94. The van der Waals surface area contributed by atoms with Crippen molar-refractivity contribution in [3.63, 3.8) is 0 Å². The number of aromatic nitrogens is 3. The van der Waals surface area contributed by atoms with Crippen molar-refractivity contribution in [2.24, 2.45) is 0 Å². The standard InChI is InChI=1S/C12H13ClN4S/c1-6-7(2)15-12(16-8(6)3)18-11-5-9(14)4-10(13)17-11/h4-5H,1-3H3,(H2,14,17). The highest BCUT2D eigenvalue weighted by Gasteiger charge is 2.08. The highest BCUT2D eigenvalue weighted by atomic mass is 35.5. The molecule has 0 radical (unpaired) electrons. The van der Waals surface area contributed by atoms with Gasteiger partial charge in [-0.05, 0) is 50.2 Å². The molecule has 0 aliphatic carbocycles. The van der Waals surface area contributed by atoms with Gasteiger partial charge >= 0.3 is 0 Å². The molecular formula is C12H13ClN4S. The third-order valence-corrected chi connectivity index (χ3v) is 3.58. The molecule has 0 fully saturated rings. The van der Waals surface area contributed by atoms with Crippen molar-refractivity contribution in [3.05, 3.63) is 34.2 Å². The molecule has 0 aliphatic rings. The Kier molecular flexibility index (Phi) is 3.73. The maximum atomic E-state index is 5.86. The van der Waals surface area contributed by atoms with Crippen LogP contribution in [0.1, 0.15) is 17.0 Å². The topological polar surface area (TPSA) is 64.7 Å². The van der Waals surface area contributed by atoms with Crippen molar-refractivity contribution in [1.29, 1.82) is 0 Å². The molecule has 2 heterocycles. The van der Waals surface area contributed by atoms with E-state index in [1.54, 1.807) is 12.1 Å². The summed E-state index contributed by atoms with van der Waals surface area (Å²) in [4.78, 5) is 13.0. The highest BCUT2D eigenvalue weighted by Crippen LogP contribution is 2.27. The molecule has 4 nitrogen and oxygen atoms in total. The van der Waals surface area contributed by atoms with Gasteiger partial charge in [0.1, 0.15) is 10.2 Å². The van der Waals surface area contributed by atoms with E-state index in [4.69, 9.17) is 17.3 Å². The van der Waals surface area contributed by atoms with Gasteiger partial charge in [0, 0.05) is 17.1 Å². The lowest BCUT2D eigenvalue weighted by Crippen LogP contribution is -1.98. The lowest BCUT2D eigenvalue weighted by Gasteiger charge is -2.06. The van der Waals surface area contributed by atoms with Gasteiger partial charge in [0.2, 0.25) is 0 Å². The predicted octanol–water partition coefficient (Wildman–Crippen LogP) is 3.18. The first-order chi connectivity index (χ1) is 8.45. The van der Waals surface area contributed by atoms with E-state index in [0.717, 1.165) is 17.0 Å². The van der Waals surface area contributed by atoms with E-state index in [1.807, 2.05) is 20.8 Å². The monoisotopic (exact) mass is 280 g/mol. The smallest absolute Gasteiger partial charge is 0.194 e. The fourth-order valence-corrected chi connectivity index (χ4v) is 2.58. The molecule has 94 valence electrons. The summed E-state index contributed by atoms with van der Waals surface area (Å²) in [5, 5.41) is 1.73. The molecule has 0 amide bonds. The Morgan fingerprint density at radius 2 is 1.67 bits per heavy atom. The van der Waals surface area contributed by atoms with Crippen LogP contribution in [-0.4, -0.2) is 15.0 Å². The summed E-state index contributed by atoms with van der Waals surface area (Å²) >= 11 is 7.21. The third kappa shape index (κ3) is 2.91. The summed E-state index contributed by atoms with van der Waals surface area (Å²) in [5.41, 5.74) is 9.35. The van der Waals surface area contributed by atoms with Crippen LogP contribution >= 0.6 is 23.4 Å². The number of anilines is 1. The van der Waals surface area contributed by atoms with Crippen LogP contribution in [-0.2, 0) is 0 Å². The molecule has 0 atom stereocenters. The largest absolute Gasteiger partial charge is 0.399 e. The summed E-state index contributed by atoms with van der Waals surface area (Å²) < 4.78 is 0. The molecule has 0 saturated heterocycles. The Morgan fingerprint density at radius 3 is 2.22 bits per heavy atom. The first-order valence-corrected chi connectivity index (χ1v) is 6.58. The number of halogens is 1. The number of nitrogens with two attached hydrogens (primary N) is 1. The first-order valence-electron chi connectivity index (χ1n) is 5.38. The minimum absolute atomic E-state index is 0.373. The second kappa shape index (κ2) is 5.12. The Hall–Kier alpha value is -1.33. The van der Waals surface area contributed by atoms with Crippen LogP contribution in [0.4, 0.5) is 5.69 Å². The number of nitrogen functional groups attached to an aromatic ring is 1. The van der Waals surface area contributed by atoms with Crippen molar-refractivity contribution in [3.8, 4) is 0 Å². The van der Waals surface area contributed by atoms with Crippen LogP contribution in [0.5, 0.6) is 0 Å². The molecule has 0 spiro atoms. The molecule has 0 bridgehead atoms. The lowest BCUT2D eigenvalue weighted by atomic mass is 10.2. The minimum Gasteiger partial charge on any atom is -0.399 e. The average molecular weight is 281 g/mol. The van der Waals surface area contributed by atoms with Crippen molar-refractivity contribution < 1.29 is 0 Å². The lowest BCUT2D eigenvalue weighted by molar-refractivity contribution is 0.878. The summed E-state index contributed by atoms with van der Waals surface area (Å²) in [5.74, 6) is 0. The van der Waals surface area contributed by atoms with Gasteiger partial charge in [-0.1, -0.05) is 11.6 Å². The molecule has 2 aromatic rings. The molecule has 0 aliphatic heterocycles. The van der Waals surface area contributed by atoms with Crippen LogP contribution in [0.2, 0.25) is 5.15 Å². The summed E-state index contributed by atoms with van der Waals surface area (Å²) in [6.07, 6.45) is 0. The number of hydrogen-bond donors (Lipinski definition) is 1. The van der Waals surface area contributed by atoms with Gasteiger partial charge in [0.25, 0.3) is 0 Å². The Bertz CT molecular complexity index is 557. The molecule has 18 heavy (non-hydrogen) atoms. The average Bonchev–Trinajstić information content (AvgIpc) is 2.24. The summed E-state index contributed by atoms with van der Waals surface area (Å²) in [6, 6.07) is 3.36. The van der Waals surface area contributed by atoms with E-state index in [0.29, 0.717) is 21.0 Å². The van der Waals surface area contributed by atoms with Crippen molar-refractivity contribution in [2.75, 3.05) is 5.73 Å². The maximum Gasteiger partial charge on any atom is 0.194 e. The third-order valence-electron chi connectivity index (χ3n) is 2.60. The molecule has 0 aromatic carbocycles. The fraction of sp³-hybridized carbons (Fsp3) is 0.250. The van der Waals surface area contributed by atoms with E-state index in [-0.39, 0.29) is 0 Å². The van der Waals surface area contributed by atoms with Gasteiger partial charge in [-0.2, -0.15) is 0 Å². The van der Waals surface area contributed by atoms with E-state index in [9.17, 15) is 0 Å². The first kappa shape index (κ1) is 13.1. The Labute approximate surface area is 115 Å². The number of hydrogen-bond acceptors (Lipinski definition) is 5. The molecule has 2 N–H and O–H groups in total. The Morgan fingerprint density at radius 1 is 1.06 bits per heavy atom. The normalized spacial score (nSPS) is 10.7. The second-order valence-electron chi connectivity index (χ2n) is 3.97. The quantitative estimate of drug-likeness (QED) is 0.676. The zero-order valence-electron chi connectivity index (χ0n) is 10.4. The van der Waals surface area contributed by atoms with Gasteiger partial charge in [0.15, 0.2) is 5.16 Å². The van der Waals surface area contributed by atoms with Crippen LogP contribution in [0.3, 0.4) is 0 Å². The van der Waals surface area contributed by atoms with Crippen molar-refractivity contribution in [2.45, 2.75) is 31.0 Å². The molecular weight excluding hydrogens is 268 g/mol. The maximum absolute atomic E-state index is 5.86. The van der Waals surface area contributed by atoms with Crippen LogP contribution in [0.15, 0.2) is 22.3 Å². The van der Waals surface area contributed by atoms with Gasteiger partial charge in [0.05, 0.1) is 0 Å². The van der Waals surface area contributed by atoms with E-state index < -0.39 is 0 Å². The van der Waals surface area contributed by atoms with Crippen molar-refractivity contribution in [1.82, 2.24) is 15.0 Å². The van der Waals surface area contributed by atoms with Gasteiger partial charge in [-0.15, -0.1) is 0 Å². The number of pyridine rings is 1. The van der Waals surface area contributed by atoms with E-state index in [2.05, 4.69) is 15.0 Å². The minimum atomic E-state index is 0.373. The predicted molar refractivity (Wildman–Crippen MR) is 74.0 cm³/mol. The van der Waals surface area contributed by atoms with Crippen molar-refractivity contribution >= 4 is 29.1 Å². The van der Waals surface area contributed by atoms with E-state index >= 15 is 0 Å². The molecule has 6 heteroatoms. The van der Waals surface area contributed by atoms with Crippen LogP contribution in [0.25, 0.3) is 0 Å².